The van der Waals surface area contributed by atoms with Crippen LogP contribution in [0.2, 0.25) is 0 Å². The molecule has 0 aliphatic carbocycles. The van der Waals surface area contributed by atoms with Crippen LogP contribution in [0, 0.1) is 4.91 Å². The van der Waals surface area contributed by atoms with Crippen molar-refractivity contribution in [2.75, 3.05) is 0 Å². The van der Waals surface area contributed by atoms with E-state index < -0.39 is 33.7 Å². The highest BCUT2D eigenvalue weighted by Crippen LogP contribution is 2.04. The van der Waals surface area contributed by atoms with E-state index in [-0.39, 0.29) is 0 Å². The molecule has 0 aromatic carbocycles. The van der Waals surface area contributed by atoms with Crippen LogP contribution in [0.3, 0.4) is 0 Å². The average Bonchev–Trinajstić information content (AvgIpc) is 1.98. The van der Waals surface area contributed by atoms with Gasteiger partial charge in [0, 0.05) is 0 Å². The summed E-state index contributed by atoms with van der Waals surface area (Å²) in [5, 5.41) is 21.8. The molecule has 0 saturated carbocycles. The molecule has 0 radical (unpaired) electrons. The van der Waals surface area contributed by atoms with Gasteiger partial charge in [0.15, 0.2) is 10.6 Å². The van der Waals surface area contributed by atoms with Gasteiger partial charge in [0.05, 0.1) is 6.42 Å². The lowest BCUT2D eigenvalue weighted by Gasteiger charge is -2.04. The second-order valence-corrected chi connectivity index (χ2v) is 3.62. The van der Waals surface area contributed by atoms with Gasteiger partial charge in [-0.3, -0.25) is 14.1 Å². The summed E-state index contributed by atoms with van der Waals surface area (Å²) < 4.78 is 28.7. The molecule has 0 amide bonds. The van der Waals surface area contributed by atoms with E-state index >= 15 is 0 Å². The van der Waals surface area contributed by atoms with Gasteiger partial charge in [0.2, 0.25) is 0 Å². The van der Waals surface area contributed by atoms with Gasteiger partial charge in [-0.1, -0.05) is 0 Å². The minimum atomic E-state index is -4.84. The van der Waals surface area contributed by atoms with Crippen molar-refractivity contribution in [1.29, 1.82) is 0 Å². The minimum Gasteiger partial charge on any atom is -0.481 e. The second kappa shape index (κ2) is 6.67. The maximum Gasteiger partial charge on any atom is 0.325 e. The number of carbonyl (C=O) groups is 2. The number of aliphatic carboxylic acids is 2. The summed E-state index contributed by atoms with van der Waals surface area (Å²) >= 11 is 0. The van der Waals surface area contributed by atoms with Crippen molar-refractivity contribution in [1.82, 2.24) is 0 Å². The molecule has 0 aromatic rings. The number of rotatable bonds is 4. The van der Waals surface area contributed by atoms with Gasteiger partial charge >= 0.3 is 11.9 Å². The summed E-state index contributed by atoms with van der Waals surface area (Å²) in [6, 6.07) is 0. The maximum atomic E-state index is 10.2. The zero-order valence-electron chi connectivity index (χ0n) is 6.97. The third kappa shape index (κ3) is 8.58. The Labute approximate surface area is 82.8 Å². The van der Waals surface area contributed by atoms with Gasteiger partial charge in [-0.2, -0.15) is 8.42 Å². The standard InChI is InChI=1S/C4H6O7S.HNO2/c5-3(6)1-2(4(7)8)12(9,10)11;2-1-3/h2H,1H2,(H,5,6)(H,7,8)(H,9,10,11);(H,2,3). The minimum absolute atomic E-state index is 1.16. The molecule has 1 atom stereocenters. The number of carboxylic acids is 2. The van der Waals surface area contributed by atoms with Gasteiger partial charge in [0.25, 0.3) is 10.1 Å². The molecular weight excluding hydrogens is 238 g/mol. The molecule has 0 spiro atoms. The Bertz CT molecular complexity index is 332. The molecule has 0 aliphatic heterocycles. The number of nitrogens with zero attached hydrogens (tertiary/aromatic N) is 1. The SMILES string of the molecule is O=C(O)CC(C(=O)O)S(=O)(=O)O.O=NO. The molecule has 0 saturated heterocycles. The first-order valence-corrected chi connectivity index (χ1v) is 4.54. The molecule has 0 heterocycles. The molecule has 10 nitrogen and oxygen atoms in total. The fraction of sp³-hybridized carbons (Fsp3) is 0.500. The molecular formula is C4H7NO9S. The highest BCUT2D eigenvalue weighted by atomic mass is 32.2. The van der Waals surface area contributed by atoms with Crippen LogP contribution in [0.5, 0.6) is 0 Å². The van der Waals surface area contributed by atoms with E-state index in [1.807, 2.05) is 0 Å². The zero-order valence-corrected chi connectivity index (χ0v) is 7.79. The largest absolute Gasteiger partial charge is 0.481 e. The predicted molar refractivity (Wildman–Crippen MR) is 42.8 cm³/mol. The van der Waals surface area contributed by atoms with Crippen LogP contribution in [-0.2, 0) is 19.7 Å². The van der Waals surface area contributed by atoms with Crippen molar-refractivity contribution in [2.24, 2.45) is 5.34 Å². The molecule has 0 rings (SSSR count). The number of hydrogen-bond acceptors (Lipinski definition) is 6. The van der Waals surface area contributed by atoms with Crippen molar-refractivity contribution in [3.8, 4) is 0 Å². The first-order chi connectivity index (χ1) is 6.66. The molecule has 88 valence electrons. The lowest BCUT2D eigenvalue weighted by Crippen LogP contribution is -2.31. The monoisotopic (exact) mass is 245 g/mol. The molecule has 0 fully saturated rings. The van der Waals surface area contributed by atoms with Crippen molar-refractivity contribution in [3.63, 3.8) is 0 Å². The summed E-state index contributed by atoms with van der Waals surface area (Å²) in [6.07, 6.45) is -1.16. The van der Waals surface area contributed by atoms with Crippen molar-refractivity contribution >= 4 is 22.1 Å². The van der Waals surface area contributed by atoms with Crippen LogP contribution in [-0.4, -0.2) is 45.6 Å². The molecule has 1 unspecified atom stereocenters. The zero-order chi connectivity index (χ0) is 12.6. The van der Waals surface area contributed by atoms with Crippen molar-refractivity contribution in [3.05, 3.63) is 4.91 Å². The van der Waals surface area contributed by atoms with E-state index in [1.165, 1.54) is 5.34 Å². The Morgan fingerprint density at radius 3 is 1.67 bits per heavy atom. The molecule has 4 N–H and O–H groups in total. The predicted octanol–water partition coefficient (Wildman–Crippen LogP) is -1.06. The van der Waals surface area contributed by atoms with E-state index in [2.05, 4.69) is 0 Å². The summed E-state index contributed by atoms with van der Waals surface area (Å²) in [7, 11) is -4.84. The number of carboxylic acid groups (broad SMARTS) is 2. The van der Waals surface area contributed by atoms with Crippen LogP contribution < -0.4 is 0 Å². The van der Waals surface area contributed by atoms with Crippen LogP contribution in [0.4, 0.5) is 0 Å². The Balaban J connectivity index is 0. The second-order valence-electron chi connectivity index (χ2n) is 2.02. The molecule has 0 aliphatic rings. The highest BCUT2D eigenvalue weighted by molar-refractivity contribution is 7.87. The summed E-state index contributed by atoms with van der Waals surface area (Å²) in [6.45, 7) is 0. The normalized spacial score (nSPS) is 11.8. The fourth-order valence-electron chi connectivity index (χ4n) is 0.479. The van der Waals surface area contributed by atoms with E-state index in [1.54, 1.807) is 0 Å². The number of hydrogen-bond donors (Lipinski definition) is 4. The van der Waals surface area contributed by atoms with Gasteiger partial charge in [-0.05, 0) is 0 Å². The first-order valence-electron chi connectivity index (χ1n) is 3.04. The summed E-state index contributed by atoms with van der Waals surface area (Å²) in [5.74, 6) is -3.50. The third-order valence-electron chi connectivity index (χ3n) is 0.995. The average molecular weight is 245 g/mol. The Hall–Kier alpha value is -1.75. The Morgan fingerprint density at radius 1 is 1.27 bits per heavy atom. The van der Waals surface area contributed by atoms with E-state index in [0.29, 0.717) is 0 Å². The lowest BCUT2D eigenvalue weighted by molar-refractivity contribution is -0.143. The summed E-state index contributed by atoms with van der Waals surface area (Å²) in [4.78, 5) is 28.1. The van der Waals surface area contributed by atoms with Crippen LogP contribution >= 0.6 is 0 Å². The van der Waals surface area contributed by atoms with E-state index in [9.17, 15) is 18.0 Å². The van der Waals surface area contributed by atoms with E-state index in [4.69, 9.17) is 24.9 Å². The smallest absolute Gasteiger partial charge is 0.325 e. The summed E-state index contributed by atoms with van der Waals surface area (Å²) in [5.41, 5.74) is 0. The van der Waals surface area contributed by atoms with Crippen molar-refractivity contribution in [2.45, 2.75) is 11.7 Å². The fourth-order valence-corrected chi connectivity index (χ4v) is 1.09. The lowest BCUT2D eigenvalue weighted by atomic mass is 10.3. The molecule has 0 bridgehead atoms. The van der Waals surface area contributed by atoms with Gasteiger partial charge in [-0.15, -0.1) is 4.91 Å². The Kier molecular flexibility index (Phi) is 6.98. The van der Waals surface area contributed by atoms with E-state index in [0.717, 1.165) is 0 Å². The van der Waals surface area contributed by atoms with Gasteiger partial charge in [0.1, 0.15) is 0 Å². The molecule has 11 heteroatoms. The Morgan fingerprint density at radius 2 is 1.60 bits per heavy atom. The molecule has 0 aromatic heterocycles. The van der Waals surface area contributed by atoms with Crippen molar-refractivity contribution < 1.29 is 38.0 Å². The molecule has 15 heavy (non-hydrogen) atoms. The van der Waals surface area contributed by atoms with Gasteiger partial charge in [-0.25, -0.2) is 0 Å². The van der Waals surface area contributed by atoms with Crippen LogP contribution in [0.1, 0.15) is 6.42 Å². The maximum absolute atomic E-state index is 10.2. The van der Waals surface area contributed by atoms with Crippen LogP contribution in [0.25, 0.3) is 0 Å². The quantitative estimate of drug-likeness (QED) is 0.273. The highest BCUT2D eigenvalue weighted by Gasteiger charge is 2.33. The first kappa shape index (κ1) is 15.7. The third-order valence-corrected chi connectivity index (χ3v) is 2.08. The van der Waals surface area contributed by atoms with Crippen LogP contribution in [0.15, 0.2) is 5.34 Å². The topological polar surface area (TPSA) is 179 Å². The van der Waals surface area contributed by atoms with Gasteiger partial charge < -0.3 is 15.4 Å².